The molecule has 1 unspecified atom stereocenters. The Balaban J connectivity index is 2.64. The standard InChI is InChI=1S/C14H20BrNO3/c1-4-16(5-2)11-7-6-8-12(9-11)19-10-13(15)14(17)18-3/h6-9,13H,4-5,10H2,1-3H3. The Bertz CT molecular complexity index is 407. The van der Waals surface area contributed by atoms with Gasteiger partial charge in [0.2, 0.25) is 0 Å². The molecule has 0 heterocycles. The summed E-state index contributed by atoms with van der Waals surface area (Å²) in [6.45, 7) is 6.37. The summed E-state index contributed by atoms with van der Waals surface area (Å²) < 4.78 is 10.2. The van der Waals surface area contributed by atoms with E-state index in [4.69, 9.17) is 4.74 Å². The molecule has 0 N–H and O–H groups in total. The van der Waals surface area contributed by atoms with E-state index in [0.717, 1.165) is 24.5 Å². The van der Waals surface area contributed by atoms with Gasteiger partial charge in [-0.25, -0.2) is 0 Å². The van der Waals surface area contributed by atoms with Crippen LogP contribution in [0, 0.1) is 0 Å². The molecule has 0 fully saturated rings. The molecule has 1 atom stereocenters. The molecule has 19 heavy (non-hydrogen) atoms. The van der Waals surface area contributed by atoms with Crippen LogP contribution in [0.4, 0.5) is 5.69 Å². The number of ether oxygens (including phenoxy) is 2. The fourth-order valence-corrected chi connectivity index (χ4v) is 2.04. The number of nitrogens with zero attached hydrogens (tertiary/aromatic N) is 1. The Morgan fingerprint density at radius 2 is 2.05 bits per heavy atom. The van der Waals surface area contributed by atoms with Gasteiger partial charge >= 0.3 is 5.97 Å². The van der Waals surface area contributed by atoms with E-state index in [0.29, 0.717) is 0 Å². The molecule has 0 aliphatic heterocycles. The Kier molecular flexibility index (Phi) is 6.70. The Labute approximate surface area is 122 Å². The molecule has 0 saturated heterocycles. The van der Waals surface area contributed by atoms with Crippen molar-refractivity contribution < 1.29 is 14.3 Å². The fraction of sp³-hybridized carbons (Fsp3) is 0.500. The van der Waals surface area contributed by atoms with Gasteiger partial charge in [0.1, 0.15) is 17.2 Å². The van der Waals surface area contributed by atoms with Crippen LogP contribution >= 0.6 is 15.9 Å². The highest BCUT2D eigenvalue weighted by atomic mass is 79.9. The van der Waals surface area contributed by atoms with Crippen LogP contribution < -0.4 is 9.64 Å². The second kappa shape index (κ2) is 8.04. The molecule has 1 rings (SSSR count). The number of methoxy groups -OCH3 is 1. The van der Waals surface area contributed by atoms with Gasteiger partial charge in [0.05, 0.1) is 7.11 Å². The highest BCUT2D eigenvalue weighted by molar-refractivity contribution is 9.10. The molecule has 0 aliphatic rings. The molecule has 0 radical (unpaired) electrons. The molecule has 0 spiro atoms. The predicted octanol–water partition coefficient (Wildman–Crippen LogP) is 2.85. The first-order chi connectivity index (χ1) is 9.12. The van der Waals surface area contributed by atoms with Gasteiger partial charge in [-0.2, -0.15) is 0 Å². The van der Waals surface area contributed by atoms with Crippen molar-refractivity contribution in [2.24, 2.45) is 0 Å². The van der Waals surface area contributed by atoms with E-state index >= 15 is 0 Å². The van der Waals surface area contributed by atoms with Crippen LogP contribution in [0.5, 0.6) is 5.75 Å². The Morgan fingerprint density at radius 3 is 2.63 bits per heavy atom. The van der Waals surface area contributed by atoms with Crippen molar-refractivity contribution >= 4 is 27.6 Å². The van der Waals surface area contributed by atoms with Crippen LogP contribution in [0.3, 0.4) is 0 Å². The minimum atomic E-state index is -0.449. The average molecular weight is 330 g/mol. The largest absolute Gasteiger partial charge is 0.492 e. The van der Waals surface area contributed by atoms with E-state index in [9.17, 15) is 4.79 Å². The second-order valence-electron chi connectivity index (χ2n) is 3.97. The maximum Gasteiger partial charge on any atom is 0.322 e. The second-order valence-corrected chi connectivity index (χ2v) is 5.08. The van der Waals surface area contributed by atoms with Crippen LogP contribution in [0.1, 0.15) is 13.8 Å². The van der Waals surface area contributed by atoms with E-state index in [1.807, 2.05) is 24.3 Å². The number of carbonyl (C=O) groups is 1. The van der Waals surface area contributed by atoms with E-state index in [2.05, 4.69) is 39.4 Å². The van der Waals surface area contributed by atoms with Crippen molar-refractivity contribution in [3.05, 3.63) is 24.3 Å². The van der Waals surface area contributed by atoms with Crippen molar-refractivity contribution in [3.63, 3.8) is 0 Å². The van der Waals surface area contributed by atoms with Gasteiger partial charge in [0.15, 0.2) is 0 Å². The van der Waals surface area contributed by atoms with Crippen molar-refractivity contribution in [2.45, 2.75) is 18.7 Å². The first-order valence-corrected chi connectivity index (χ1v) is 7.23. The molecule has 0 bridgehead atoms. The van der Waals surface area contributed by atoms with Gasteiger partial charge in [-0.1, -0.05) is 22.0 Å². The molecule has 0 saturated carbocycles. The number of carbonyl (C=O) groups excluding carboxylic acids is 1. The normalized spacial score (nSPS) is 11.8. The van der Waals surface area contributed by atoms with Crippen LogP contribution in [-0.4, -0.2) is 37.6 Å². The third kappa shape index (κ3) is 4.74. The lowest BCUT2D eigenvalue weighted by molar-refractivity contribution is -0.140. The number of hydrogen-bond acceptors (Lipinski definition) is 4. The summed E-state index contributed by atoms with van der Waals surface area (Å²) in [5.41, 5.74) is 1.12. The highest BCUT2D eigenvalue weighted by Gasteiger charge is 2.16. The number of hydrogen-bond donors (Lipinski definition) is 0. The fourth-order valence-electron chi connectivity index (χ4n) is 1.72. The molecule has 5 heteroatoms. The maximum atomic E-state index is 11.2. The van der Waals surface area contributed by atoms with Crippen LogP contribution in [-0.2, 0) is 9.53 Å². The zero-order valence-corrected chi connectivity index (χ0v) is 13.1. The third-order valence-corrected chi connectivity index (χ3v) is 3.44. The number of benzene rings is 1. The Morgan fingerprint density at radius 1 is 1.37 bits per heavy atom. The third-order valence-electron chi connectivity index (χ3n) is 2.80. The molecule has 0 amide bonds. The maximum absolute atomic E-state index is 11.2. The Hall–Kier alpha value is -1.23. The number of halogens is 1. The monoisotopic (exact) mass is 329 g/mol. The first-order valence-electron chi connectivity index (χ1n) is 6.32. The van der Waals surface area contributed by atoms with Crippen molar-refractivity contribution in [1.29, 1.82) is 0 Å². The van der Waals surface area contributed by atoms with E-state index in [-0.39, 0.29) is 12.6 Å². The van der Waals surface area contributed by atoms with Crippen molar-refractivity contribution in [2.75, 3.05) is 31.7 Å². The average Bonchev–Trinajstić information content (AvgIpc) is 2.45. The zero-order chi connectivity index (χ0) is 14.3. The quantitative estimate of drug-likeness (QED) is 0.569. The molecular formula is C14H20BrNO3. The zero-order valence-electron chi connectivity index (χ0n) is 11.6. The molecule has 0 aliphatic carbocycles. The first kappa shape index (κ1) is 15.8. The summed E-state index contributed by atoms with van der Waals surface area (Å²) in [5, 5.41) is 0. The summed E-state index contributed by atoms with van der Waals surface area (Å²) in [4.78, 5) is 13.0. The highest BCUT2D eigenvalue weighted by Crippen LogP contribution is 2.21. The van der Waals surface area contributed by atoms with Crippen LogP contribution in [0.25, 0.3) is 0 Å². The summed E-state index contributed by atoms with van der Waals surface area (Å²) in [6.07, 6.45) is 0. The summed E-state index contributed by atoms with van der Waals surface area (Å²) in [7, 11) is 1.36. The lowest BCUT2D eigenvalue weighted by atomic mass is 10.2. The molecule has 1 aromatic rings. The van der Waals surface area contributed by atoms with Gasteiger partial charge in [0.25, 0.3) is 0 Å². The summed E-state index contributed by atoms with van der Waals surface area (Å²) >= 11 is 3.23. The molecule has 0 aromatic heterocycles. The van der Waals surface area contributed by atoms with Crippen LogP contribution in [0.2, 0.25) is 0 Å². The van der Waals surface area contributed by atoms with Gasteiger partial charge in [-0.15, -0.1) is 0 Å². The lowest BCUT2D eigenvalue weighted by Gasteiger charge is -2.21. The molecule has 4 nitrogen and oxygen atoms in total. The molecule has 106 valence electrons. The number of esters is 1. The topological polar surface area (TPSA) is 38.8 Å². The lowest BCUT2D eigenvalue weighted by Crippen LogP contribution is -2.23. The predicted molar refractivity (Wildman–Crippen MR) is 80.2 cm³/mol. The van der Waals surface area contributed by atoms with Gasteiger partial charge in [-0.05, 0) is 26.0 Å². The van der Waals surface area contributed by atoms with Crippen molar-refractivity contribution in [1.82, 2.24) is 0 Å². The van der Waals surface area contributed by atoms with Gasteiger partial charge in [0, 0.05) is 24.8 Å². The van der Waals surface area contributed by atoms with Gasteiger partial charge in [-0.3, -0.25) is 4.79 Å². The number of anilines is 1. The minimum Gasteiger partial charge on any atom is -0.492 e. The number of rotatable bonds is 7. The number of alkyl halides is 1. The van der Waals surface area contributed by atoms with Crippen molar-refractivity contribution in [3.8, 4) is 5.75 Å². The minimum absolute atomic E-state index is 0.244. The summed E-state index contributed by atoms with van der Waals surface area (Å²) in [5.74, 6) is 0.414. The van der Waals surface area contributed by atoms with E-state index in [1.54, 1.807) is 0 Å². The van der Waals surface area contributed by atoms with E-state index < -0.39 is 4.83 Å². The van der Waals surface area contributed by atoms with E-state index in [1.165, 1.54) is 7.11 Å². The molecule has 1 aromatic carbocycles. The van der Waals surface area contributed by atoms with Crippen LogP contribution in [0.15, 0.2) is 24.3 Å². The summed E-state index contributed by atoms with van der Waals surface area (Å²) in [6, 6.07) is 7.85. The molecular weight excluding hydrogens is 310 g/mol. The van der Waals surface area contributed by atoms with Gasteiger partial charge < -0.3 is 14.4 Å². The SMILES string of the molecule is CCN(CC)c1cccc(OCC(Br)C(=O)OC)c1. The smallest absolute Gasteiger partial charge is 0.322 e.